The van der Waals surface area contributed by atoms with Gasteiger partial charge < -0.3 is 4.42 Å². The van der Waals surface area contributed by atoms with Gasteiger partial charge in [0.15, 0.2) is 0 Å². The molecule has 0 aliphatic carbocycles. The third-order valence-corrected chi connectivity index (χ3v) is 2.33. The minimum absolute atomic E-state index is 0.190. The van der Waals surface area contributed by atoms with Crippen molar-refractivity contribution >= 4 is 5.78 Å². The molecule has 2 aromatic rings. The molecule has 0 bridgehead atoms. The molecule has 82 valence electrons. The second kappa shape index (κ2) is 5.26. The van der Waals surface area contributed by atoms with Crippen LogP contribution < -0.4 is 0 Å². The number of carbonyl (C=O) groups is 1. The maximum absolute atomic E-state index is 11.6. The number of pyridine rings is 1. The largest absolute Gasteiger partial charge is 0.469 e. The number of carbonyl (C=O) groups excluding carboxylic acids is 1. The quantitative estimate of drug-likeness (QED) is 0.769. The summed E-state index contributed by atoms with van der Waals surface area (Å²) in [4.78, 5) is 15.7. The van der Waals surface area contributed by atoms with Gasteiger partial charge in [-0.3, -0.25) is 9.78 Å². The Hall–Kier alpha value is -1.90. The molecule has 0 N–H and O–H groups in total. The minimum Gasteiger partial charge on any atom is -0.469 e. The Morgan fingerprint density at radius 2 is 2.19 bits per heavy atom. The third-order valence-electron chi connectivity index (χ3n) is 2.33. The molecule has 0 saturated carbocycles. The highest BCUT2D eigenvalue weighted by Crippen LogP contribution is 2.06. The predicted molar refractivity (Wildman–Crippen MR) is 60.0 cm³/mol. The molecular formula is C13H13NO2. The first-order valence-corrected chi connectivity index (χ1v) is 5.28. The van der Waals surface area contributed by atoms with Crippen LogP contribution in [0.5, 0.6) is 0 Å². The maximum Gasteiger partial charge on any atom is 0.139 e. The van der Waals surface area contributed by atoms with Crippen LogP contribution in [0.4, 0.5) is 0 Å². The fourth-order valence-electron chi connectivity index (χ4n) is 1.51. The van der Waals surface area contributed by atoms with Gasteiger partial charge in [0.25, 0.3) is 0 Å². The molecule has 0 saturated heterocycles. The number of aromatic nitrogens is 1. The van der Waals surface area contributed by atoms with E-state index in [1.54, 1.807) is 12.5 Å². The van der Waals surface area contributed by atoms with Crippen LogP contribution in [0.2, 0.25) is 0 Å². The minimum atomic E-state index is 0.190. The first-order valence-electron chi connectivity index (χ1n) is 5.28. The molecule has 2 heterocycles. The SMILES string of the molecule is O=C(CCc1ccco1)Cc1ccccn1. The third kappa shape index (κ3) is 3.05. The molecule has 2 aromatic heterocycles. The summed E-state index contributed by atoms with van der Waals surface area (Å²) in [5.74, 6) is 1.05. The monoisotopic (exact) mass is 215 g/mol. The second-order valence-corrected chi connectivity index (χ2v) is 3.62. The number of Topliss-reactive ketones (excluding diaryl/α,β-unsaturated/α-hetero) is 1. The van der Waals surface area contributed by atoms with E-state index in [0.717, 1.165) is 11.5 Å². The fourth-order valence-corrected chi connectivity index (χ4v) is 1.51. The van der Waals surface area contributed by atoms with Crippen molar-refractivity contribution in [3.63, 3.8) is 0 Å². The topological polar surface area (TPSA) is 43.1 Å². The highest BCUT2D eigenvalue weighted by atomic mass is 16.3. The molecule has 0 aromatic carbocycles. The smallest absolute Gasteiger partial charge is 0.139 e. The van der Waals surface area contributed by atoms with Crippen LogP contribution in [-0.2, 0) is 17.6 Å². The van der Waals surface area contributed by atoms with E-state index in [-0.39, 0.29) is 5.78 Å². The lowest BCUT2D eigenvalue weighted by Gasteiger charge is -1.99. The van der Waals surface area contributed by atoms with E-state index in [2.05, 4.69) is 4.98 Å². The Labute approximate surface area is 94.1 Å². The molecule has 3 heteroatoms. The van der Waals surface area contributed by atoms with Crippen molar-refractivity contribution < 1.29 is 9.21 Å². The van der Waals surface area contributed by atoms with Crippen molar-refractivity contribution in [2.45, 2.75) is 19.3 Å². The number of hydrogen-bond donors (Lipinski definition) is 0. The van der Waals surface area contributed by atoms with E-state index in [9.17, 15) is 4.79 Å². The number of rotatable bonds is 5. The van der Waals surface area contributed by atoms with Crippen molar-refractivity contribution in [2.24, 2.45) is 0 Å². The molecule has 16 heavy (non-hydrogen) atoms. The zero-order chi connectivity index (χ0) is 11.2. The van der Waals surface area contributed by atoms with Crippen LogP contribution in [0, 0.1) is 0 Å². The number of nitrogens with zero attached hydrogens (tertiary/aromatic N) is 1. The molecule has 3 nitrogen and oxygen atoms in total. The standard InChI is InChI=1S/C13H13NO2/c15-12(6-7-13-5-3-9-16-13)10-11-4-1-2-8-14-11/h1-5,8-9H,6-7,10H2. The van der Waals surface area contributed by atoms with Crippen molar-refractivity contribution in [2.75, 3.05) is 0 Å². The molecule has 0 aliphatic heterocycles. The van der Waals surface area contributed by atoms with E-state index >= 15 is 0 Å². The number of hydrogen-bond acceptors (Lipinski definition) is 3. The molecule has 0 unspecified atom stereocenters. The lowest BCUT2D eigenvalue weighted by Crippen LogP contribution is -2.05. The van der Waals surface area contributed by atoms with Gasteiger partial charge in [-0.15, -0.1) is 0 Å². The Morgan fingerprint density at radius 3 is 2.88 bits per heavy atom. The summed E-state index contributed by atoms with van der Waals surface area (Å²) < 4.78 is 5.17. The van der Waals surface area contributed by atoms with E-state index in [1.807, 2.05) is 30.3 Å². The summed E-state index contributed by atoms with van der Waals surface area (Å²) >= 11 is 0. The predicted octanol–water partition coefficient (Wildman–Crippen LogP) is 2.42. The van der Waals surface area contributed by atoms with Gasteiger partial charge in [-0.2, -0.15) is 0 Å². The molecule has 2 rings (SSSR count). The van der Waals surface area contributed by atoms with Crippen molar-refractivity contribution in [1.29, 1.82) is 0 Å². The van der Waals surface area contributed by atoms with Crippen LogP contribution in [0.25, 0.3) is 0 Å². The first-order chi connectivity index (χ1) is 7.84. The average Bonchev–Trinajstić information content (AvgIpc) is 2.81. The van der Waals surface area contributed by atoms with Crippen LogP contribution in [-0.4, -0.2) is 10.8 Å². The van der Waals surface area contributed by atoms with Gasteiger partial charge >= 0.3 is 0 Å². The molecule has 0 atom stereocenters. The van der Waals surface area contributed by atoms with Crippen molar-refractivity contribution in [3.8, 4) is 0 Å². The van der Waals surface area contributed by atoms with Gasteiger partial charge in [0, 0.05) is 31.2 Å². The number of aryl methyl sites for hydroxylation is 1. The number of furan rings is 1. The summed E-state index contributed by atoms with van der Waals surface area (Å²) in [6.45, 7) is 0. The molecule has 0 fully saturated rings. The Balaban J connectivity index is 1.81. The summed E-state index contributed by atoms with van der Waals surface area (Å²) in [7, 11) is 0. The molecule has 0 aliphatic rings. The van der Waals surface area contributed by atoms with E-state index in [0.29, 0.717) is 19.3 Å². The van der Waals surface area contributed by atoms with Crippen LogP contribution in [0.15, 0.2) is 47.2 Å². The van der Waals surface area contributed by atoms with Gasteiger partial charge in [-0.1, -0.05) is 6.07 Å². The van der Waals surface area contributed by atoms with Gasteiger partial charge in [-0.25, -0.2) is 0 Å². The zero-order valence-corrected chi connectivity index (χ0v) is 8.93. The van der Waals surface area contributed by atoms with Gasteiger partial charge in [0.1, 0.15) is 11.5 Å². The lowest BCUT2D eigenvalue weighted by molar-refractivity contribution is -0.118. The summed E-state index contributed by atoms with van der Waals surface area (Å²) in [6.07, 6.45) is 4.90. The van der Waals surface area contributed by atoms with Crippen LogP contribution in [0.1, 0.15) is 17.9 Å². The van der Waals surface area contributed by atoms with Crippen molar-refractivity contribution in [3.05, 3.63) is 54.2 Å². The van der Waals surface area contributed by atoms with E-state index in [1.165, 1.54) is 0 Å². The van der Waals surface area contributed by atoms with Crippen LogP contribution in [0.3, 0.4) is 0 Å². The highest BCUT2D eigenvalue weighted by molar-refractivity contribution is 5.80. The van der Waals surface area contributed by atoms with E-state index in [4.69, 9.17) is 4.42 Å². The Morgan fingerprint density at radius 1 is 1.25 bits per heavy atom. The number of ketones is 1. The van der Waals surface area contributed by atoms with Gasteiger partial charge in [0.2, 0.25) is 0 Å². The average molecular weight is 215 g/mol. The molecular weight excluding hydrogens is 202 g/mol. The van der Waals surface area contributed by atoms with E-state index < -0.39 is 0 Å². The normalized spacial score (nSPS) is 10.2. The highest BCUT2D eigenvalue weighted by Gasteiger charge is 2.05. The maximum atomic E-state index is 11.6. The molecule has 0 spiro atoms. The summed E-state index contributed by atoms with van der Waals surface area (Å²) in [6, 6.07) is 9.32. The summed E-state index contributed by atoms with van der Waals surface area (Å²) in [5.41, 5.74) is 0.826. The first kappa shape index (κ1) is 10.6. The lowest BCUT2D eigenvalue weighted by atomic mass is 10.1. The Kier molecular flexibility index (Phi) is 3.49. The molecule has 0 amide bonds. The van der Waals surface area contributed by atoms with Crippen LogP contribution >= 0.6 is 0 Å². The second-order valence-electron chi connectivity index (χ2n) is 3.62. The van der Waals surface area contributed by atoms with Gasteiger partial charge in [0.05, 0.1) is 6.26 Å². The fraction of sp³-hybridized carbons (Fsp3) is 0.231. The zero-order valence-electron chi connectivity index (χ0n) is 8.93. The summed E-state index contributed by atoms with van der Waals surface area (Å²) in [5, 5.41) is 0. The van der Waals surface area contributed by atoms with Crippen molar-refractivity contribution in [1.82, 2.24) is 4.98 Å². The van der Waals surface area contributed by atoms with Gasteiger partial charge in [-0.05, 0) is 24.3 Å². The Bertz CT molecular complexity index is 434. The molecule has 0 radical (unpaired) electrons.